The average molecular weight is 998 g/mol. The molecule has 0 bridgehead atoms. The highest BCUT2D eigenvalue weighted by Crippen LogP contribution is 2.31. The fourth-order valence-corrected chi connectivity index (χ4v) is 13.1. The molecule has 13 nitrogen and oxygen atoms in total. The van der Waals surface area contributed by atoms with Gasteiger partial charge >= 0.3 is 0 Å². The lowest BCUT2D eigenvalue weighted by atomic mass is 9.90. The van der Waals surface area contributed by atoms with Crippen LogP contribution in [0.2, 0.25) is 10.0 Å². The second kappa shape index (κ2) is 21.5. The zero-order valence-corrected chi connectivity index (χ0v) is 39.4. The number of rotatable bonds is 13. The largest absolute Gasteiger partial charge is 0.354 e. The Morgan fingerprint density at radius 1 is 0.600 bits per heavy atom. The van der Waals surface area contributed by atoms with E-state index in [1.165, 1.54) is 44.2 Å². The SMILES string of the molecule is O=C(NCc1ccc(S(=O)(=O)N2CCC(C(=O)c3ccc(F)cc3)CC2)s1)c1ccc(Cl)cc1.O=C(NCc1ccc(S(=O)(=O)N2CCN(c3ccccn3)CC2)s1)c1ccc(Cl)cc1. The van der Waals surface area contributed by atoms with Crippen molar-refractivity contribution in [3.63, 3.8) is 0 Å². The molecule has 340 valence electrons. The van der Waals surface area contributed by atoms with Crippen LogP contribution < -0.4 is 15.5 Å². The van der Waals surface area contributed by atoms with Crippen LogP contribution in [0.3, 0.4) is 0 Å². The number of sulfonamides is 2. The van der Waals surface area contributed by atoms with Crippen molar-refractivity contribution < 1.29 is 35.6 Å². The van der Waals surface area contributed by atoms with Crippen LogP contribution in [-0.2, 0) is 33.1 Å². The molecule has 2 aliphatic heterocycles. The zero-order valence-electron chi connectivity index (χ0n) is 34.6. The summed E-state index contributed by atoms with van der Waals surface area (Å²) >= 11 is 14.0. The average Bonchev–Trinajstić information content (AvgIpc) is 4.03. The molecular weight excluding hydrogens is 955 g/mol. The Hall–Kier alpha value is -5.05. The van der Waals surface area contributed by atoms with Gasteiger partial charge in [0.25, 0.3) is 31.9 Å². The minimum absolute atomic E-state index is 0.0908. The lowest BCUT2D eigenvalue weighted by Gasteiger charge is -2.34. The Balaban J connectivity index is 0.000000195. The fourth-order valence-electron chi connectivity index (χ4n) is 7.09. The molecule has 3 aromatic carbocycles. The number of pyridine rings is 1. The number of nitrogens with one attached hydrogen (secondary N) is 2. The number of hydrogen-bond donors (Lipinski definition) is 2. The monoisotopic (exact) mass is 996 g/mol. The van der Waals surface area contributed by atoms with Crippen molar-refractivity contribution in [1.82, 2.24) is 24.2 Å². The lowest BCUT2D eigenvalue weighted by molar-refractivity contribution is 0.0874. The van der Waals surface area contributed by atoms with Crippen LogP contribution in [-0.4, -0.2) is 87.3 Å². The van der Waals surface area contributed by atoms with Crippen molar-refractivity contribution in [3.8, 4) is 0 Å². The molecule has 0 spiro atoms. The predicted molar refractivity (Wildman–Crippen MR) is 251 cm³/mol. The Kier molecular flexibility index (Phi) is 15.8. The third-order valence-corrected chi connectivity index (χ3v) is 18.1. The molecule has 0 atom stereocenters. The molecule has 6 aromatic rings. The third kappa shape index (κ3) is 12.2. The Labute approximate surface area is 394 Å². The van der Waals surface area contributed by atoms with Gasteiger partial charge in [-0.1, -0.05) is 29.3 Å². The van der Waals surface area contributed by atoms with Gasteiger partial charge < -0.3 is 15.5 Å². The number of halogens is 3. The minimum Gasteiger partial charge on any atom is -0.354 e. The summed E-state index contributed by atoms with van der Waals surface area (Å²) in [5.74, 6) is -0.444. The molecule has 65 heavy (non-hydrogen) atoms. The van der Waals surface area contributed by atoms with Gasteiger partial charge in [-0.3, -0.25) is 14.4 Å². The maximum absolute atomic E-state index is 13.1. The molecule has 8 rings (SSSR count). The summed E-state index contributed by atoms with van der Waals surface area (Å²) in [5.41, 5.74) is 1.40. The van der Waals surface area contributed by atoms with E-state index in [0.717, 1.165) is 22.0 Å². The van der Waals surface area contributed by atoms with Gasteiger partial charge in [-0.25, -0.2) is 26.2 Å². The number of ketones is 1. The molecule has 0 saturated carbocycles. The molecule has 2 fully saturated rings. The second-order valence-electron chi connectivity index (χ2n) is 14.9. The Morgan fingerprint density at radius 2 is 1.06 bits per heavy atom. The van der Waals surface area contributed by atoms with Gasteiger partial charge in [0.2, 0.25) is 0 Å². The van der Waals surface area contributed by atoms with Crippen molar-refractivity contribution in [1.29, 1.82) is 0 Å². The van der Waals surface area contributed by atoms with Gasteiger partial charge in [-0.2, -0.15) is 8.61 Å². The quantitative estimate of drug-likeness (QED) is 0.109. The van der Waals surface area contributed by atoms with Crippen molar-refractivity contribution in [3.05, 3.63) is 164 Å². The zero-order chi connectivity index (χ0) is 46.1. The first-order chi connectivity index (χ1) is 31.2. The molecule has 2 saturated heterocycles. The van der Waals surface area contributed by atoms with Gasteiger partial charge in [0, 0.05) is 87.9 Å². The summed E-state index contributed by atoms with van der Waals surface area (Å²) in [4.78, 5) is 45.1. The summed E-state index contributed by atoms with van der Waals surface area (Å²) in [7, 11) is -7.26. The number of carbonyl (C=O) groups excluding carboxylic acids is 3. The Morgan fingerprint density at radius 3 is 1.52 bits per heavy atom. The van der Waals surface area contributed by atoms with E-state index >= 15 is 0 Å². The number of benzene rings is 3. The van der Waals surface area contributed by atoms with Crippen molar-refractivity contribution in [2.75, 3.05) is 44.2 Å². The topological polar surface area (TPSA) is 166 Å². The highest BCUT2D eigenvalue weighted by atomic mass is 35.5. The summed E-state index contributed by atoms with van der Waals surface area (Å²) < 4.78 is 68.7. The number of amides is 2. The van der Waals surface area contributed by atoms with Crippen LogP contribution >= 0.6 is 45.9 Å². The van der Waals surface area contributed by atoms with Gasteiger partial charge in [0.05, 0.1) is 13.1 Å². The summed E-state index contributed by atoms with van der Waals surface area (Å²) in [5, 5.41) is 6.68. The number of Topliss-reactive ketones (excluding diaryl/α,β-unsaturated/α-hetero) is 1. The maximum Gasteiger partial charge on any atom is 0.252 e. The number of hydrogen-bond acceptors (Lipinski definition) is 11. The van der Waals surface area contributed by atoms with Crippen LogP contribution in [0.1, 0.15) is 53.7 Å². The number of piperazine rings is 1. The number of carbonyl (C=O) groups is 3. The highest BCUT2D eigenvalue weighted by Gasteiger charge is 2.34. The number of anilines is 1. The standard InChI is InChI=1S/C24H22ClFN2O4S2.C21H21ClN4O3S2/c25-19-5-1-18(2-6-19)24(30)27-15-21-9-10-22(33-21)34(31,32)28-13-11-17(12-14-28)23(29)16-3-7-20(26)8-4-16;22-17-6-4-16(5-7-17)21(27)24-15-18-8-9-20(30-18)31(28,29)26-13-11-25(12-14-26)19-3-1-2-10-23-19/h1-10,17H,11-15H2,(H,27,30);1-10H,11-15H2,(H,24,27). The fraction of sp³-hybridized carbons (Fsp3) is 0.244. The van der Waals surface area contributed by atoms with E-state index in [0.29, 0.717) is 70.6 Å². The summed E-state index contributed by atoms with van der Waals surface area (Å²) in [6.07, 6.45) is 2.55. The van der Waals surface area contributed by atoms with Crippen LogP contribution in [0.15, 0.2) is 130 Å². The van der Waals surface area contributed by atoms with E-state index in [2.05, 4.69) is 20.5 Å². The van der Waals surface area contributed by atoms with Crippen LogP contribution in [0.4, 0.5) is 10.2 Å². The number of aromatic nitrogens is 1. The van der Waals surface area contributed by atoms with Gasteiger partial charge in [-0.05, 0) is 122 Å². The van der Waals surface area contributed by atoms with Gasteiger partial charge in [-0.15, -0.1) is 22.7 Å². The van der Waals surface area contributed by atoms with Gasteiger partial charge in [0.15, 0.2) is 5.78 Å². The summed E-state index contributed by atoms with van der Waals surface area (Å²) in [6, 6.07) is 30.8. The second-order valence-corrected chi connectivity index (χ2v) is 22.5. The summed E-state index contributed by atoms with van der Waals surface area (Å²) in [6.45, 7) is 2.92. The molecule has 0 radical (unpaired) electrons. The maximum atomic E-state index is 13.1. The third-order valence-electron chi connectivity index (χ3n) is 10.7. The molecule has 0 unspecified atom stereocenters. The lowest BCUT2D eigenvalue weighted by Crippen LogP contribution is -2.48. The van der Waals surface area contributed by atoms with Crippen molar-refractivity contribution >= 4 is 89.3 Å². The number of thiophene rings is 2. The number of piperidine rings is 1. The van der Waals surface area contributed by atoms with Crippen molar-refractivity contribution in [2.24, 2.45) is 5.92 Å². The van der Waals surface area contributed by atoms with E-state index in [1.54, 1.807) is 79.0 Å². The van der Waals surface area contributed by atoms with Crippen molar-refractivity contribution in [2.45, 2.75) is 34.3 Å². The molecular formula is C45H43Cl2FN6O7S4. The van der Waals surface area contributed by atoms with Crippen LogP contribution in [0, 0.1) is 11.7 Å². The van der Waals surface area contributed by atoms with E-state index in [9.17, 15) is 35.6 Å². The normalized spacial score (nSPS) is 15.2. The molecule has 20 heteroatoms. The predicted octanol–water partition coefficient (Wildman–Crippen LogP) is 7.99. The molecule has 0 aliphatic carbocycles. The first-order valence-corrected chi connectivity index (χ1v) is 25.7. The first kappa shape index (κ1) is 47.9. The molecule has 3 aromatic heterocycles. The molecule has 2 N–H and O–H groups in total. The first-order valence-electron chi connectivity index (χ1n) is 20.4. The number of nitrogens with zero attached hydrogens (tertiary/aromatic N) is 4. The highest BCUT2D eigenvalue weighted by molar-refractivity contribution is 7.91. The van der Waals surface area contributed by atoms with Crippen LogP contribution in [0.25, 0.3) is 0 Å². The van der Waals surface area contributed by atoms with Gasteiger partial charge in [0.1, 0.15) is 20.1 Å². The van der Waals surface area contributed by atoms with E-state index in [1.807, 2.05) is 18.2 Å². The van der Waals surface area contributed by atoms with E-state index in [-0.39, 0.29) is 58.1 Å². The van der Waals surface area contributed by atoms with E-state index in [4.69, 9.17) is 23.2 Å². The molecule has 5 heterocycles. The molecule has 2 aliphatic rings. The minimum atomic E-state index is -3.69. The smallest absolute Gasteiger partial charge is 0.252 e. The molecule has 2 amide bonds. The van der Waals surface area contributed by atoms with Crippen LogP contribution in [0.5, 0.6) is 0 Å². The Bertz CT molecular complexity index is 2820. The van der Waals surface area contributed by atoms with E-state index < -0.39 is 25.9 Å².